The van der Waals surface area contributed by atoms with Crippen LogP contribution in [0.3, 0.4) is 0 Å². The second-order valence-corrected chi connectivity index (χ2v) is 2.78. The van der Waals surface area contributed by atoms with Gasteiger partial charge in [-0.05, 0) is 0 Å². The summed E-state index contributed by atoms with van der Waals surface area (Å²) in [7, 11) is 0. The molecule has 0 fully saturated rings. The van der Waals surface area contributed by atoms with Gasteiger partial charge in [0.1, 0.15) is 0 Å². The van der Waals surface area contributed by atoms with Crippen molar-refractivity contribution in [3.05, 3.63) is 6.54 Å². The van der Waals surface area contributed by atoms with E-state index in [1.165, 1.54) is 0 Å². The lowest BCUT2D eigenvalue weighted by Crippen LogP contribution is -2.23. The van der Waals surface area contributed by atoms with Gasteiger partial charge >= 0.3 is 0 Å². The summed E-state index contributed by atoms with van der Waals surface area (Å²) >= 11 is 0. The van der Waals surface area contributed by atoms with Gasteiger partial charge in [0.15, 0.2) is 5.78 Å². The van der Waals surface area contributed by atoms with Crippen LogP contribution < -0.4 is 5.73 Å². The minimum Gasteiger partial charge on any atom is -0.320 e. The number of carbonyl (C=O) groups excluding carboxylic acids is 1. The summed E-state index contributed by atoms with van der Waals surface area (Å²) in [6.45, 7) is 6.61. The molecule has 0 spiro atoms. The highest BCUT2D eigenvalue weighted by molar-refractivity contribution is 5.90. The van der Waals surface area contributed by atoms with Gasteiger partial charge in [-0.15, -0.1) is 0 Å². The number of hydrogen-bond donors (Lipinski definition) is 1. The van der Waals surface area contributed by atoms with Crippen molar-refractivity contribution in [2.24, 2.45) is 11.1 Å². The van der Waals surface area contributed by atoms with Crippen LogP contribution in [0.2, 0.25) is 0 Å². The second-order valence-electron chi connectivity index (χ2n) is 2.78. The molecule has 0 amide bonds. The van der Waals surface area contributed by atoms with E-state index in [1.54, 1.807) is 0 Å². The molecule has 1 radical (unpaired) electrons. The largest absolute Gasteiger partial charge is 0.320 e. The van der Waals surface area contributed by atoms with Gasteiger partial charge in [0.25, 0.3) is 0 Å². The van der Waals surface area contributed by atoms with E-state index in [0.29, 0.717) is 0 Å². The Morgan fingerprint density at radius 2 is 1.88 bits per heavy atom. The molecule has 2 heteroatoms. The van der Waals surface area contributed by atoms with Gasteiger partial charge in [0.2, 0.25) is 0 Å². The molecular formula is C6H12NO. The average Bonchev–Trinajstić information content (AvgIpc) is 1.62. The Morgan fingerprint density at radius 1 is 1.50 bits per heavy atom. The Kier molecular flexibility index (Phi) is 2.16. The average molecular weight is 114 g/mol. The van der Waals surface area contributed by atoms with Crippen LogP contribution in [0.25, 0.3) is 0 Å². The van der Waals surface area contributed by atoms with Crippen LogP contribution in [-0.2, 0) is 4.79 Å². The Balaban J connectivity index is 3.82. The molecule has 8 heavy (non-hydrogen) atoms. The summed E-state index contributed by atoms with van der Waals surface area (Å²) in [5.41, 5.74) is 4.67. The second kappa shape index (κ2) is 2.27. The zero-order valence-corrected chi connectivity index (χ0v) is 5.56. The van der Waals surface area contributed by atoms with E-state index in [4.69, 9.17) is 5.73 Å². The Morgan fingerprint density at radius 3 is 1.88 bits per heavy atom. The predicted molar refractivity (Wildman–Crippen MR) is 32.9 cm³/mol. The zero-order chi connectivity index (χ0) is 6.78. The van der Waals surface area contributed by atoms with E-state index in [-0.39, 0.29) is 11.2 Å². The fourth-order valence-electron chi connectivity index (χ4n) is 0.250. The van der Waals surface area contributed by atoms with Crippen molar-refractivity contribution in [3.8, 4) is 0 Å². The van der Waals surface area contributed by atoms with Gasteiger partial charge in [0.05, 0.1) is 6.54 Å². The summed E-state index contributed by atoms with van der Waals surface area (Å²) in [6.07, 6.45) is 0. The van der Waals surface area contributed by atoms with Crippen molar-refractivity contribution in [2.75, 3.05) is 0 Å². The molecule has 0 aromatic rings. The van der Waals surface area contributed by atoms with Crippen LogP contribution in [0.15, 0.2) is 0 Å². The quantitative estimate of drug-likeness (QED) is 0.546. The first-order chi connectivity index (χ1) is 3.48. The van der Waals surface area contributed by atoms with Crippen LogP contribution >= 0.6 is 0 Å². The normalized spacial score (nSPS) is 11.5. The first-order valence-corrected chi connectivity index (χ1v) is 2.58. The number of carbonyl (C=O) groups is 1. The maximum Gasteiger partial charge on any atom is 0.156 e. The fraction of sp³-hybridized carbons (Fsp3) is 0.667. The van der Waals surface area contributed by atoms with Gasteiger partial charge in [-0.25, -0.2) is 0 Å². The first kappa shape index (κ1) is 7.63. The lowest BCUT2D eigenvalue weighted by molar-refractivity contribution is -0.122. The molecule has 0 atom stereocenters. The molecule has 0 aliphatic rings. The number of ketones is 1. The van der Waals surface area contributed by atoms with E-state index in [0.717, 1.165) is 6.54 Å². The van der Waals surface area contributed by atoms with E-state index in [9.17, 15) is 4.79 Å². The van der Waals surface area contributed by atoms with E-state index in [1.807, 2.05) is 20.8 Å². The molecular weight excluding hydrogens is 102 g/mol. The maximum atomic E-state index is 10.7. The highest BCUT2D eigenvalue weighted by atomic mass is 16.1. The predicted octanol–water partition coefficient (Wildman–Crippen LogP) is 0.722. The SMILES string of the molecule is CC(C)(C)C(=O)[CH]N. The Labute approximate surface area is 50.1 Å². The van der Waals surface area contributed by atoms with E-state index < -0.39 is 0 Å². The van der Waals surface area contributed by atoms with Crippen LogP contribution in [0.4, 0.5) is 0 Å². The van der Waals surface area contributed by atoms with E-state index >= 15 is 0 Å². The monoisotopic (exact) mass is 114 g/mol. The standard InChI is InChI=1S/C6H12NO/c1-6(2,3)5(8)4-7/h4H,7H2,1-3H3. The van der Waals surface area contributed by atoms with Crippen molar-refractivity contribution < 1.29 is 4.79 Å². The highest BCUT2D eigenvalue weighted by Crippen LogP contribution is 2.13. The van der Waals surface area contributed by atoms with Gasteiger partial charge in [-0.3, -0.25) is 4.79 Å². The highest BCUT2D eigenvalue weighted by Gasteiger charge is 2.18. The molecule has 2 nitrogen and oxygen atoms in total. The number of hydrogen-bond acceptors (Lipinski definition) is 2. The van der Waals surface area contributed by atoms with Crippen molar-refractivity contribution in [1.29, 1.82) is 0 Å². The third kappa shape index (κ3) is 2.07. The van der Waals surface area contributed by atoms with Gasteiger partial charge in [-0.1, -0.05) is 20.8 Å². The molecule has 0 aromatic heterocycles. The van der Waals surface area contributed by atoms with E-state index in [2.05, 4.69) is 0 Å². The van der Waals surface area contributed by atoms with Crippen LogP contribution in [-0.4, -0.2) is 5.78 Å². The Bertz CT molecular complexity index is 91.2. The lowest BCUT2D eigenvalue weighted by Gasteiger charge is -2.13. The molecule has 0 unspecified atom stereocenters. The lowest BCUT2D eigenvalue weighted by atomic mass is 9.91. The topological polar surface area (TPSA) is 43.1 Å². The van der Waals surface area contributed by atoms with Gasteiger partial charge < -0.3 is 5.73 Å². The summed E-state index contributed by atoms with van der Waals surface area (Å²) in [5.74, 6) is -0.0162. The van der Waals surface area contributed by atoms with Gasteiger partial charge in [-0.2, -0.15) is 0 Å². The fourth-order valence-corrected chi connectivity index (χ4v) is 0.250. The Hall–Kier alpha value is -0.370. The third-order valence-electron chi connectivity index (χ3n) is 0.891. The molecule has 0 saturated heterocycles. The molecule has 0 saturated carbocycles. The first-order valence-electron chi connectivity index (χ1n) is 2.58. The van der Waals surface area contributed by atoms with Crippen molar-refractivity contribution in [1.82, 2.24) is 0 Å². The zero-order valence-electron chi connectivity index (χ0n) is 5.56. The summed E-state index contributed by atoms with van der Waals surface area (Å²) in [5, 5.41) is 0. The van der Waals surface area contributed by atoms with Crippen molar-refractivity contribution in [3.63, 3.8) is 0 Å². The minimum atomic E-state index is -0.311. The number of nitrogens with two attached hydrogens (primary N) is 1. The molecule has 0 rings (SSSR count). The van der Waals surface area contributed by atoms with Crippen LogP contribution in [0.1, 0.15) is 20.8 Å². The van der Waals surface area contributed by atoms with Crippen molar-refractivity contribution >= 4 is 5.78 Å². The number of Topliss-reactive ketones (excluding diaryl/α,β-unsaturated/α-hetero) is 1. The maximum absolute atomic E-state index is 10.7. The van der Waals surface area contributed by atoms with Crippen LogP contribution in [0.5, 0.6) is 0 Å². The smallest absolute Gasteiger partial charge is 0.156 e. The molecule has 0 aliphatic heterocycles. The van der Waals surface area contributed by atoms with Crippen LogP contribution in [0, 0.1) is 12.0 Å². The van der Waals surface area contributed by atoms with Crippen molar-refractivity contribution in [2.45, 2.75) is 20.8 Å². The minimum absolute atomic E-state index is 0.0162. The molecule has 0 aromatic carbocycles. The summed E-state index contributed by atoms with van der Waals surface area (Å²) in [6, 6.07) is 0. The molecule has 0 heterocycles. The molecule has 0 bridgehead atoms. The third-order valence-corrected chi connectivity index (χ3v) is 0.891. The molecule has 2 N–H and O–H groups in total. The molecule has 47 valence electrons. The van der Waals surface area contributed by atoms with Gasteiger partial charge in [0, 0.05) is 5.41 Å². The number of rotatable bonds is 1. The summed E-state index contributed by atoms with van der Waals surface area (Å²) in [4.78, 5) is 10.7. The molecule has 0 aliphatic carbocycles. The summed E-state index contributed by atoms with van der Waals surface area (Å²) < 4.78 is 0.